The molecule has 0 bridgehead atoms. The highest BCUT2D eigenvalue weighted by atomic mass is 16.7. The first-order valence-corrected chi connectivity index (χ1v) is 8.64. The highest BCUT2D eigenvalue weighted by molar-refractivity contribution is 5.89. The van der Waals surface area contributed by atoms with Crippen molar-refractivity contribution in [3.05, 3.63) is 60.2 Å². The number of carbonyl (C=O) groups excluding carboxylic acids is 1. The molecule has 0 atom stereocenters. The highest BCUT2D eigenvalue weighted by Crippen LogP contribution is 2.37. The van der Waals surface area contributed by atoms with Crippen LogP contribution in [-0.2, 0) is 4.79 Å². The maximum atomic E-state index is 12.1. The third-order valence-corrected chi connectivity index (χ3v) is 4.23. The Kier molecular flexibility index (Phi) is 4.97. The number of hydrogen-bond donors (Lipinski definition) is 1. The molecule has 1 N–H and O–H groups in total. The summed E-state index contributed by atoms with van der Waals surface area (Å²) in [5, 5.41) is 5.97. The number of ether oxygens (including phenoxy) is 4. The fraction of sp³-hybridized carbons (Fsp3) is 0.143. The maximum absolute atomic E-state index is 12.1. The van der Waals surface area contributed by atoms with E-state index in [1.165, 1.54) is 6.21 Å². The van der Waals surface area contributed by atoms with E-state index in [0.717, 1.165) is 10.8 Å². The van der Waals surface area contributed by atoms with E-state index in [1.54, 1.807) is 19.2 Å². The molecule has 1 heterocycles. The Morgan fingerprint density at radius 1 is 1.11 bits per heavy atom. The number of hydrogen-bond acceptors (Lipinski definition) is 6. The van der Waals surface area contributed by atoms with Crippen molar-refractivity contribution in [2.45, 2.75) is 0 Å². The van der Waals surface area contributed by atoms with Gasteiger partial charge in [0.05, 0.1) is 13.3 Å². The molecule has 0 aromatic heterocycles. The standard InChI is InChI=1S/C21H18N2O5/c1-25-18-10-20-19(27-13-28-20)9-15(18)11-22-23-21(24)12-26-17-8-4-6-14-5-2-3-7-16(14)17/h2-11H,12-13H2,1H3,(H,23,24)/b22-11-. The molecule has 142 valence electrons. The van der Waals surface area contributed by atoms with E-state index in [2.05, 4.69) is 10.5 Å². The van der Waals surface area contributed by atoms with Gasteiger partial charge in [-0.3, -0.25) is 4.79 Å². The summed E-state index contributed by atoms with van der Waals surface area (Å²) in [6, 6.07) is 17.0. The van der Waals surface area contributed by atoms with Crippen LogP contribution < -0.4 is 24.4 Å². The molecule has 4 rings (SSSR count). The third-order valence-electron chi connectivity index (χ3n) is 4.23. The number of hydrazone groups is 1. The molecular weight excluding hydrogens is 360 g/mol. The molecule has 0 aliphatic carbocycles. The van der Waals surface area contributed by atoms with E-state index in [-0.39, 0.29) is 19.3 Å². The van der Waals surface area contributed by atoms with Gasteiger partial charge in [0.1, 0.15) is 11.5 Å². The average Bonchev–Trinajstić information content (AvgIpc) is 3.19. The van der Waals surface area contributed by atoms with Crippen molar-refractivity contribution in [1.29, 1.82) is 0 Å². The zero-order valence-corrected chi connectivity index (χ0v) is 15.2. The van der Waals surface area contributed by atoms with E-state index in [0.29, 0.717) is 28.6 Å². The molecule has 3 aromatic rings. The zero-order valence-electron chi connectivity index (χ0n) is 15.2. The fourth-order valence-electron chi connectivity index (χ4n) is 2.89. The number of nitrogens with one attached hydrogen (secondary N) is 1. The molecule has 28 heavy (non-hydrogen) atoms. The van der Waals surface area contributed by atoms with Crippen LogP contribution in [0.2, 0.25) is 0 Å². The Hall–Kier alpha value is -3.74. The van der Waals surface area contributed by atoms with Crippen LogP contribution in [0, 0.1) is 0 Å². The van der Waals surface area contributed by atoms with Gasteiger partial charge in [0, 0.05) is 17.0 Å². The van der Waals surface area contributed by atoms with Crippen LogP contribution in [0.5, 0.6) is 23.0 Å². The van der Waals surface area contributed by atoms with Gasteiger partial charge in [-0.25, -0.2) is 5.43 Å². The van der Waals surface area contributed by atoms with Crippen LogP contribution in [0.1, 0.15) is 5.56 Å². The molecule has 1 aliphatic heterocycles. The summed E-state index contributed by atoms with van der Waals surface area (Å²) in [4.78, 5) is 12.1. The number of carbonyl (C=O) groups is 1. The number of nitrogens with zero attached hydrogens (tertiary/aromatic N) is 1. The summed E-state index contributed by atoms with van der Waals surface area (Å²) in [5.41, 5.74) is 3.10. The lowest BCUT2D eigenvalue weighted by molar-refractivity contribution is -0.123. The first kappa shape index (κ1) is 17.7. The Morgan fingerprint density at radius 3 is 2.75 bits per heavy atom. The van der Waals surface area contributed by atoms with Crippen molar-refractivity contribution in [2.24, 2.45) is 5.10 Å². The SMILES string of the molecule is COc1cc2c(cc1/C=N\NC(=O)COc1cccc3ccccc13)OCO2. The summed E-state index contributed by atoms with van der Waals surface area (Å²) in [6.07, 6.45) is 1.48. The lowest BCUT2D eigenvalue weighted by Crippen LogP contribution is -2.24. The van der Waals surface area contributed by atoms with E-state index in [1.807, 2.05) is 42.5 Å². The van der Waals surface area contributed by atoms with E-state index >= 15 is 0 Å². The maximum Gasteiger partial charge on any atom is 0.277 e. The van der Waals surface area contributed by atoms with E-state index in [9.17, 15) is 4.79 Å². The normalized spacial score (nSPS) is 12.3. The number of benzene rings is 3. The van der Waals surface area contributed by atoms with Gasteiger partial charge in [-0.15, -0.1) is 0 Å². The predicted octanol–water partition coefficient (Wildman–Crippen LogP) is 3.11. The van der Waals surface area contributed by atoms with Crippen LogP contribution in [0.15, 0.2) is 59.7 Å². The molecule has 0 saturated heterocycles. The number of fused-ring (bicyclic) bond motifs is 2. The van der Waals surface area contributed by atoms with Crippen LogP contribution >= 0.6 is 0 Å². The third kappa shape index (κ3) is 3.68. The van der Waals surface area contributed by atoms with Crippen LogP contribution in [-0.4, -0.2) is 32.6 Å². The smallest absolute Gasteiger partial charge is 0.277 e. The molecule has 0 fully saturated rings. The minimum Gasteiger partial charge on any atom is -0.496 e. The van der Waals surface area contributed by atoms with Gasteiger partial charge < -0.3 is 18.9 Å². The summed E-state index contributed by atoms with van der Waals surface area (Å²) >= 11 is 0. The van der Waals surface area contributed by atoms with Gasteiger partial charge in [0.2, 0.25) is 6.79 Å². The van der Waals surface area contributed by atoms with Gasteiger partial charge in [-0.2, -0.15) is 5.10 Å². The Balaban J connectivity index is 1.38. The Bertz CT molecular complexity index is 1040. The topological polar surface area (TPSA) is 78.4 Å². The molecule has 3 aromatic carbocycles. The lowest BCUT2D eigenvalue weighted by atomic mass is 10.1. The van der Waals surface area contributed by atoms with Crippen LogP contribution in [0.25, 0.3) is 10.8 Å². The van der Waals surface area contributed by atoms with Crippen LogP contribution in [0.4, 0.5) is 0 Å². The number of rotatable bonds is 6. The van der Waals surface area contributed by atoms with Crippen molar-refractivity contribution < 1.29 is 23.7 Å². The molecule has 7 nitrogen and oxygen atoms in total. The number of amides is 1. The summed E-state index contributed by atoms with van der Waals surface area (Å²) in [5.74, 6) is 2.06. The fourth-order valence-corrected chi connectivity index (χ4v) is 2.89. The molecule has 0 saturated carbocycles. The van der Waals surface area contributed by atoms with Gasteiger partial charge in [-0.1, -0.05) is 36.4 Å². The van der Waals surface area contributed by atoms with Crippen molar-refractivity contribution in [1.82, 2.24) is 5.43 Å². The molecule has 0 spiro atoms. The van der Waals surface area contributed by atoms with Gasteiger partial charge in [0.15, 0.2) is 18.1 Å². The minimum absolute atomic E-state index is 0.149. The second-order valence-corrected chi connectivity index (χ2v) is 6.01. The predicted molar refractivity (Wildman–Crippen MR) is 104 cm³/mol. The van der Waals surface area contributed by atoms with Crippen molar-refractivity contribution in [2.75, 3.05) is 20.5 Å². The first-order valence-electron chi connectivity index (χ1n) is 8.64. The number of methoxy groups -OCH3 is 1. The van der Waals surface area contributed by atoms with Gasteiger partial charge >= 0.3 is 0 Å². The summed E-state index contributed by atoms with van der Waals surface area (Å²) in [7, 11) is 1.55. The molecular formula is C21H18N2O5. The second-order valence-electron chi connectivity index (χ2n) is 6.01. The quantitative estimate of drug-likeness (QED) is 0.527. The highest BCUT2D eigenvalue weighted by Gasteiger charge is 2.17. The molecule has 0 unspecified atom stereocenters. The molecule has 0 radical (unpaired) electrons. The van der Waals surface area contributed by atoms with E-state index in [4.69, 9.17) is 18.9 Å². The summed E-state index contributed by atoms with van der Waals surface area (Å²) in [6.45, 7) is 0.0188. The molecule has 1 amide bonds. The van der Waals surface area contributed by atoms with Gasteiger partial charge in [0.25, 0.3) is 5.91 Å². The zero-order chi connectivity index (χ0) is 19.3. The van der Waals surface area contributed by atoms with Crippen molar-refractivity contribution >= 4 is 22.9 Å². The Morgan fingerprint density at radius 2 is 1.89 bits per heavy atom. The largest absolute Gasteiger partial charge is 0.496 e. The first-order chi connectivity index (χ1) is 13.7. The lowest BCUT2D eigenvalue weighted by Gasteiger charge is -2.08. The van der Waals surface area contributed by atoms with E-state index < -0.39 is 0 Å². The van der Waals surface area contributed by atoms with Crippen molar-refractivity contribution in [3.63, 3.8) is 0 Å². The molecule has 7 heteroatoms. The molecule has 1 aliphatic rings. The van der Waals surface area contributed by atoms with Gasteiger partial charge in [-0.05, 0) is 17.5 Å². The minimum atomic E-state index is -0.371. The van der Waals surface area contributed by atoms with Crippen LogP contribution in [0.3, 0.4) is 0 Å². The average molecular weight is 378 g/mol. The second kappa shape index (κ2) is 7.87. The monoisotopic (exact) mass is 378 g/mol. The van der Waals surface area contributed by atoms with Crippen molar-refractivity contribution in [3.8, 4) is 23.0 Å². The Labute approximate surface area is 161 Å². The summed E-state index contributed by atoms with van der Waals surface area (Å²) < 4.78 is 21.6.